The van der Waals surface area contributed by atoms with Crippen molar-refractivity contribution in [3.63, 3.8) is 0 Å². The summed E-state index contributed by atoms with van der Waals surface area (Å²) in [4.78, 5) is 14.7. The second-order valence-electron chi connectivity index (χ2n) is 6.45. The van der Waals surface area contributed by atoms with Gasteiger partial charge in [-0.3, -0.25) is 4.79 Å². The molecule has 1 atom stereocenters. The minimum absolute atomic E-state index is 0.0221. The average Bonchev–Trinajstić information content (AvgIpc) is 2.59. The van der Waals surface area contributed by atoms with Gasteiger partial charge in [0.1, 0.15) is 0 Å². The number of hydrogen-bond acceptors (Lipinski definition) is 4. The maximum atomic E-state index is 12.8. The van der Waals surface area contributed by atoms with Crippen LogP contribution in [0.3, 0.4) is 0 Å². The Balaban J connectivity index is 2.17. The predicted molar refractivity (Wildman–Crippen MR) is 91.1 cm³/mol. The van der Waals surface area contributed by atoms with Gasteiger partial charge in [0.15, 0.2) is 11.5 Å². The molecular weight excluding hydrogens is 292 g/mol. The molecule has 128 valence electrons. The van der Waals surface area contributed by atoms with E-state index in [-0.39, 0.29) is 11.9 Å². The largest absolute Gasteiger partial charge is 0.493 e. The number of carbonyl (C=O) groups is 1. The zero-order valence-corrected chi connectivity index (χ0v) is 14.4. The number of rotatable bonds is 6. The van der Waals surface area contributed by atoms with Gasteiger partial charge in [0.05, 0.1) is 13.7 Å². The van der Waals surface area contributed by atoms with Gasteiger partial charge in [-0.1, -0.05) is 13.8 Å². The highest BCUT2D eigenvalue weighted by atomic mass is 16.5. The van der Waals surface area contributed by atoms with Crippen LogP contribution in [0.25, 0.3) is 0 Å². The van der Waals surface area contributed by atoms with Crippen molar-refractivity contribution in [3.8, 4) is 11.5 Å². The number of hydrogen-bond donors (Lipinski definition) is 1. The Bertz CT molecular complexity index is 531. The van der Waals surface area contributed by atoms with E-state index in [1.807, 2.05) is 17.0 Å². The van der Waals surface area contributed by atoms with Gasteiger partial charge in [-0.05, 0) is 43.4 Å². The first-order chi connectivity index (χ1) is 11.1. The highest BCUT2D eigenvalue weighted by Crippen LogP contribution is 2.30. The SMILES string of the molecule is COc1cc(C(=O)N2CCCCC2CN)ccc1OCC(C)C. The van der Waals surface area contributed by atoms with Crippen LogP contribution in [0.4, 0.5) is 0 Å². The summed E-state index contributed by atoms with van der Waals surface area (Å²) < 4.78 is 11.1. The van der Waals surface area contributed by atoms with Crippen molar-refractivity contribution in [2.45, 2.75) is 39.2 Å². The fourth-order valence-electron chi connectivity index (χ4n) is 2.86. The summed E-state index contributed by atoms with van der Waals surface area (Å²) in [6, 6.07) is 5.53. The molecule has 0 bridgehead atoms. The lowest BCUT2D eigenvalue weighted by molar-refractivity contribution is 0.0623. The number of methoxy groups -OCH3 is 1. The van der Waals surface area contributed by atoms with Crippen LogP contribution in [0.2, 0.25) is 0 Å². The number of nitrogens with two attached hydrogens (primary N) is 1. The van der Waals surface area contributed by atoms with E-state index in [1.165, 1.54) is 0 Å². The second-order valence-corrected chi connectivity index (χ2v) is 6.45. The third-order valence-corrected chi connectivity index (χ3v) is 4.14. The van der Waals surface area contributed by atoms with Crippen molar-refractivity contribution in [3.05, 3.63) is 23.8 Å². The van der Waals surface area contributed by atoms with Crippen LogP contribution in [0.5, 0.6) is 11.5 Å². The Morgan fingerprint density at radius 3 is 2.78 bits per heavy atom. The van der Waals surface area contributed by atoms with E-state index in [2.05, 4.69) is 13.8 Å². The molecule has 23 heavy (non-hydrogen) atoms. The summed E-state index contributed by atoms with van der Waals surface area (Å²) >= 11 is 0. The number of carbonyl (C=O) groups excluding carboxylic acids is 1. The summed E-state index contributed by atoms with van der Waals surface area (Å²) in [6.45, 7) is 6.08. The van der Waals surface area contributed by atoms with Gasteiger partial charge in [0.25, 0.3) is 5.91 Å². The molecule has 2 N–H and O–H groups in total. The first-order valence-corrected chi connectivity index (χ1v) is 8.38. The average molecular weight is 320 g/mol. The highest BCUT2D eigenvalue weighted by Gasteiger charge is 2.27. The minimum Gasteiger partial charge on any atom is -0.493 e. The summed E-state index contributed by atoms with van der Waals surface area (Å²) in [5.41, 5.74) is 6.44. The Labute approximate surface area is 138 Å². The lowest BCUT2D eigenvalue weighted by Gasteiger charge is -2.35. The van der Waals surface area contributed by atoms with E-state index in [1.54, 1.807) is 13.2 Å². The molecule has 1 aromatic carbocycles. The minimum atomic E-state index is 0.0221. The zero-order valence-electron chi connectivity index (χ0n) is 14.4. The maximum Gasteiger partial charge on any atom is 0.254 e. The molecule has 2 rings (SSSR count). The number of nitrogens with zero attached hydrogens (tertiary/aromatic N) is 1. The summed E-state index contributed by atoms with van der Waals surface area (Å²) in [5, 5.41) is 0. The van der Waals surface area contributed by atoms with Gasteiger partial charge >= 0.3 is 0 Å². The van der Waals surface area contributed by atoms with Gasteiger partial charge in [0, 0.05) is 24.7 Å². The van der Waals surface area contributed by atoms with Crippen LogP contribution in [0, 0.1) is 5.92 Å². The van der Waals surface area contributed by atoms with Crippen molar-refractivity contribution >= 4 is 5.91 Å². The molecule has 0 radical (unpaired) electrons. The molecule has 1 heterocycles. The fraction of sp³-hybridized carbons (Fsp3) is 0.611. The van der Waals surface area contributed by atoms with Gasteiger partial charge in [-0.15, -0.1) is 0 Å². The van der Waals surface area contributed by atoms with Crippen LogP contribution >= 0.6 is 0 Å². The van der Waals surface area contributed by atoms with Gasteiger partial charge in [0.2, 0.25) is 0 Å². The van der Waals surface area contributed by atoms with Crippen LogP contribution in [-0.4, -0.2) is 43.7 Å². The first-order valence-electron chi connectivity index (χ1n) is 8.38. The molecule has 1 unspecified atom stereocenters. The van der Waals surface area contributed by atoms with Crippen molar-refractivity contribution in [2.75, 3.05) is 26.8 Å². The number of ether oxygens (including phenoxy) is 2. The number of benzene rings is 1. The highest BCUT2D eigenvalue weighted by molar-refractivity contribution is 5.95. The predicted octanol–water partition coefficient (Wildman–Crippen LogP) is 2.68. The molecule has 1 amide bonds. The Morgan fingerprint density at radius 2 is 2.13 bits per heavy atom. The van der Waals surface area contributed by atoms with Crippen LogP contribution < -0.4 is 15.2 Å². The summed E-state index contributed by atoms with van der Waals surface area (Å²) in [7, 11) is 1.59. The molecule has 1 saturated heterocycles. The molecule has 0 aromatic heterocycles. The number of piperidine rings is 1. The van der Waals surface area contributed by atoms with E-state index in [4.69, 9.17) is 15.2 Å². The second kappa shape index (κ2) is 8.20. The molecule has 5 nitrogen and oxygen atoms in total. The molecular formula is C18H28N2O3. The topological polar surface area (TPSA) is 64.8 Å². The van der Waals surface area contributed by atoms with Crippen molar-refractivity contribution in [1.82, 2.24) is 4.90 Å². The van der Waals surface area contributed by atoms with Gasteiger partial charge < -0.3 is 20.1 Å². The van der Waals surface area contributed by atoms with Crippen LogP contribution in [0.1, 0.15) is 43.5 Å². The smallest absolute Gasteiger partial charge is 0.254 e. The van der Waals surface area contributed by atoms with E-state index >= 15 is 0 Å². The molecule has 0 saturated carbocycles. The van der Waals surface area contributed by atoms with Crippen LogP contribution in [-0.2, 0) is 0 Å². The Kier molecular flexibility index (Phi) is 6.28. The molecule has 0 spiro atoms. The van der Waals surface area contributed by atoms with Crippen molar-refractivity contribution in [1.29, 1.82) is 0 Å². The lowest BCUT2D eigenvalue weighted by Crippen LogP contribution is -2.47. The number of likely N-dealkylation sites (tertiary alicyclic amines) is 1. The van der Waals surface area contributed by atoms with E-state index < -0.39 is 0 Å². The third-order valence-electron chi connectivity index (χ3n) is 4.14. The number of amides is 1. The standard InChI is InChI=1S/C18H28N2O3/c1-13(2)12-23-16-8-7-14(10-17(16)22-3)18(21)20-9-5-4-6-15(20)11-19/h7-8,10,13,15H,4-6,9,11-12,19H2,1-3H3. The molecule has 1 fully saturated rings. The molecule has 5 heteroatoms. The van der Waals surface area contributed by atoms with Crippen molar-refractivity contribution in [2.24, 2.45) is 11.7 Å². The summed E-state index contributed by atoms with van der Waals surface area (Å²) in [6.07, 6.45) is 3.15. The molecule has 1 aliphatic heterocycles. The Hall–Kier alpha value is -1.75. The van der Waals surface area contributed by atoms with Crippen LogP contribution in [0.15, 0.2) is 18.2 Å². The van der Waals surface area contributed by atoms with Gasteiger partial charge in [-0.25, -0.2) is 0 Å². The normalized spacial score (nSPS) is 18.1. The van der Waals surface area contributed by atoms with E-state index in [0.717, 1.165) is 25.8 Å². The third kappa shape index (κ3) is 4.38. The summed E-state index contributed by atoms with van der Waals surface area (Å²) in [5.74, 6) is 1.72. The zero-order chi connectivity index (χ0) is 16.8. The molecule has 1 aliphatic rings. The monoisotopic (exact) mass is 320 g/mol. The molecule has 0 aliphatic carbocycles. The Morgan fingerprint density at radius 1 is 1.35 bits per heavy atom. The maximum absolute atomic E-state index is 12.8. The fourth-order valence-corrected chi connectivity index (χ4v) is 2.86. The van der Waals surface area contributed by atoms with Crippen molar-refractivity contribution < 1.29 is 14.3 Å². The van der Waals surface area contributed by atoms with E-state index in [0.29, 0.717) is 36.1 Å². The molecule has 1 aromatic rings. The first kappa shape index (κ1) is 17.6. The van der Waals surface area contributed by atoms with Gasteiger partial charge in [-0.2, -0.15) is 0 Å². The van der Waals surface area contributed by atoms with E-state index in [9.17, 15) is 4.79 Å². The quantitative estimate of drug-likeness (QED) is 0.875. The lowest BCUT2D eigenvalue weighted by atomic mass is 10.0.